The molecule has 3 N–H and O–H groups in total. The zero-order valence-corrected chi connectivity index (χ0v) is 11.9. The Morgan fingerprint density at radius 2 is 2.33 bits per heavy atom. The van der Waals surface area contributed by atoms with Crippen molar-refractivity contribution in [1.29, 1.82) is 0 Å². The van der Waals surface area contributed by atoms with E-state index in [-0.39, 0.29) is 11.7 Å². The molecule has 5 nitrogen and oxygen atoms in total. The van der Waals surface area contributed by atoms with Gasteiger partial charge in [-0.15, -0.1) is 5.10 Å². The Labute approximate surface area is 112 Å². The van der Waals surface area contributed by atoms with Crippen LogP contribution in [0, 0.1) is 5.92 Å². The highest BCUT2D eigenvalue weighted by Crippen LogP contribution is 2.36. The molecule has 1 fully saturated rings. The van der Waals surface area contributed by atoms with E-state index in [1.54, 1.807) is 23.4 Å². The molecule has 18 heavy (non-hydrogen) atoms. The third kappa shape index (κ3) is 2.98. The SMILES string of the molecule is CCCC1CCC(N)C(Sc2n[nH]c(=O)n2C)C1. The van der Waals surface area contributed by atoms with Crippen LogP contribution in [0.15, 0.2) is 9.95 Å². The number of aromatic nitrogens is 3. The van der Waals surface area contributed by atoms with Gasteiger partial charge in [-0.05, 0) is 25.2 Å². The maximum Gasteiger partial charge on any atom is 0.343 e. The zero-order chi connectivity index (χ0) is 13.1. The van der Waals surface area contributed by atoms with Crippen LogP contribution in [-0.4, -0.2) is 26.1 Å². The van der Waals surface area contributed by atoms with E-state index in [0.29, 0.717) is 5.25 Å². The number of hydrogen-bond donors (Lipinski definition) is 2. The average molecular weight is 270 g/mol. The number of nitrogens with two attached hydrogens (primary N) is 1. The largest absolute Gasteiger partial charge is 0.343 e. The molecule has 6 heteroatoms. The minimum atomic E-state index is -0.160. The molecule has 0 aliphatic heterocycles. The number of aromatic amines is 1. The van der Waals surface area contributed by atoms with Crippen LogP contribution in [0.4, 0.5) is 0 Å². The van der Waals surface area contributed by atoms with Gasteiger partial charge in [0.2, 0.25) is 0 Å². The Hall–Kier alpha value is -0.750. The van der Waals surface area contributed by atoms with E-state index >= 15 is 0 Å². The number of H-pyrrole nitrogens is 1. The van der Waals surface area contributed by atoms with Crippen molar-refractivity contribution in [2.24, 2.45) is 18.7 Å². The summed E-state index contributed by atoms with van der Waals surface area (Å²) < 4.78 is 1.56. The minimum absolute atomic E-state index is 0.160. The van der Waals surface area contributed by atoms with Gasteiger partial charge in [-0.1, -0.05) is 31.5 Å². The first-order chi connectivity index (χ1) is 8.61. The normalized spacial score (nSPS) is 28.5. The van der Waals surface area contributed by atoms with Gasteiger partial charge >= 0.3 is 5.69 Å². The highest BCUT2D eigenvalue weighted by atomic mass is 32.2. The van der Waals surface area contributed by atoms with E-state index in [4.69, 9.17) is 5.73 Å². The molecule has 0 bridgehead atoms. The maximum atomic E-state index is 11.3. The van der Waals surface area contributed by atoms with Crippen LogP contribution in [-0.2, 0) is 7.05 Å². The van der Waals surface area contributed by atoms with Gasteiger partial charge in [-0.2, -0.15) is 0 Å². The van der Waals surface area contributed by atoms with E-state index in [0.717, 1.165) is 23.9 Å². The fourth-order valence-electron chi connectivity index (χ4n) is 2.61. The van der Waals surface area contributed by atoms with Gasteiger partial charge in [0.15, 0.2) is 5.16 Å². The molecular weight excluding hydrogens is 248 g/mol. The van der Waals surface area contributed by atoms with Crippen LogP contribution < -0.4 is 11.4 Å². The number of nitrogens with zero attached hydrogens (tertiary/aromatic N) is 2. The van der Waals surface area contributed by atoms with Crippen molar-refractivity contribution < 1.29 is 0 Å². The summed E-state index contributed by atoms with van der Waals surface area (Å²) in [7, 11) is 1.74. The summed E-state index contributed by atoms with van der Waals surface area (Å²) in [5.74, 6) is 0.781. The lowest BCUT2D eigenvalue weighted by Gasteiger charge is -2.33. The molecule has 3 atom stereocenters. The van der Waals surface area contributed by atoms with Crippen molar-refractivity contribution in [3.63, 3.8) is 0 Å². The monoisotopic (exact) mass is 270 g/mol. The Morgan fingerprint density at radius 1 is 1.56 bits per heavy atom. The van der Waals surface area contributed by atoms with Gasteiger partial charge in [0, 0.05) is 18.3 Å². The van der Waals surface area contributed by atoms with Crippen LogP contribution in [0.5, 0.6) is 0 Å². The summed E-state index contributed by atoms with van der Waals surface area (Å²) in [5.41, 5.74) is 6.04. The molecule has 1 aliphatic rings. The van der Waals surface area contributed by atoms with Gasteiger partial charge in [-0.25, -0.2) is 9.89 Å². The number of nitrogens with one attached hydrogen (secondary N) is 1. The zero-order valence-electron chi connectivity index (χ0n) is 11.1. The Balaban J connectivity index is 2.02. The smallest absolute Gasteiger partial charge is 0.327 e. The van der Waals surface area contributed by atoms with Crippen molar-refractivity contribution in [3.8, 4) is 0 Å². The molecule has 0 spiro atoms. The average Bonchev–Trinajstić information content (AvgIpc) is 2.66. The van der Waals surface area contributed by atoms with Crippen LogP contribution in [0.3, 0.4) is 0 Å². The standard InChI is InChI=1S/C12H22N4OS/c1-3-4-8-5-6-9(13)10(7-8)18-12-15-14-11(17)16(12)2/h8-10H,3-7,13H2,1-2H3,(H,14,17). The topological polar surface area (TPSA) is 76.7 Å². The highest BCUT2D eigenvalue weighted by molar-refractivity contribution is 7.99. The second-order valence-corrected chi connectivity index (χ2v) is 6.36. The maximum absolute atomic E-state index is 11.3. The number of rotatable bonds is 4. The molecule has 0 aromatic carbocycles. The summed E-state index contributed by atoms with van der Waals surface area (Å²) in [6, 6.07) is 0.218. The first-order valence-electron chi connectivity index (χ1n) is 6.65. The Kier molecular flexibility index (Phi) is 4.50. The van der Waals surface area contributed by atoms with E-state index in [2.05, 4.69) is 17.1 Å². The van der Waals surface area contributed by atoms with Crippen LogP contribution >= 0.6 is 11.8 Å². The van der Waals surface area contributed by atoms with Crippen molar-refractivity contribution >= 4 is 11.8 Å². The van der Waals surface area contributed by atoms with Crippen molar-refractivity contribution in [2.75, 3.05) is 0 Å². The number of hydrogen-bond acceptors (Lipinski definition) is 4. The predicted octanol–water partition coefficient (Wildman–Crippen LogP) is 1.50. The van der Waals surface area contributed by atoms with E-state index in [1.165, 1.54) is 19.3 Å². The van der Waals surface area contributed by atoms with Gasteiger partial charge in [-0.3, -0.25) is 4.57 Å². The molecule has 0 radical (unpaired) electrons. The molecule has 102 valence electrons. The summed E-state index contributed by atoms with van der Waals surface area (Å²) in [6.45, 7) is 2.23. The highest BCUT2D eigenvalue weighted by Gasteiger charge is 2.29. The molecule has 1 aromatic heterocycles. The molecule has 1 heterocycles. The van der Waals surface area contributed by atoms with E-state index < -0.39 is 0 Å². The summed E-state index contributed by atoms with van der Waals surface area (Å²) in [6.07, 6.45) is 5.98. The van der Waals surface area contributed by atoms with Gasteiger partial charge in [0.05, 0.1) is 0 Å². The minimum Gasteiger partial charge on any atom is -0.327 e. The first kappa shape index (κ1) is 13.7. The molecule has 1 aliphatic carbocycles. The van der Waals surface area contributed by atoms with Crippen molar-refractivity contribution in [3.05, 3.63) is 10.5 Å². The molecule has 0 saturated heterocycles. The molecular formula is C12H22N4OS. The predicted molar refractivity (Wildman–Crippen MR) is 73.7 cm³/mol. The van der Waals surface area contributed by atoms with E-state index in [1.807, 2.05) is 0 Å². The third-order valence-corrected chi connectivity index (χ3v) is 5.16. The number of thioether (sulfide) groups is 1. The molecule has 1 saturated carbocycles. The van der Waals surface area contributed by atoms with Crippen molar-refractivity contribution in [1.82, 2.24) is 14.8 Å². The summed E-state index contributed by atoms with van der Waals surface area (Å²) in [5, 5.41) is 7.65. The summed E-state index contributed by atoms with van der Waals surface area (Å²) >= 11 is 1.65. The third-order valence-electron chi connectivity index (χ3n) is 3.74. The molecule has 2 rings (SSSR count). The summed E-state index contributed by atoms with van der Waals surface area (Å²) in [4.78, 5) is 11.3. The quantitative estimate of drug-likeness (QED) is 0.869. The Morgan fingerprint density at radius 3 is 2.94 bits per heavy atom. The lowest BCUT2D eigenvalue weighted by molar-refractivity contribution is 0.316. The van der Waals surface area contributed by atoms with Gasteiger partial charge in [0.25, 0.3) is 0 Å². The van der Waals surface area contributed by atoms with Crippen molar-refractivity contribution in [2.45, 2.75) is 55.5 Å². The fourth-order valence-corrected chi connectivity index (χ4v) is 3.90. The van der Waals surface area contributed by atoms with Crippen LogP contribution in [0.25, 0.3) is 0 Å². The molecule has 1 aromatic rings. The van der Waals surface area contributed by atoms with Gasteiger partial charge < -0.3 is 5.73 Å². The first-order valence-corrected chi connectivity index (χ1v) is 7.53. The van der Waals surface area contributed by atoms with Gasteiger partial charge in [0.1, 0.15) is 0 Å². The Bertz CT molecular complexity index is 442. The lowest BCUT2D eigenvalue weighted by atomic mass is 9.83. The second kappa shape index (κ2) is 5.93. The fraction of sp³-hybridized carbons (Fsp3) is 0.833. The van der Waals surface area contributed by atoms with Crippen LogP contribution in [0.1, 0.15) is 39.0 Å². The lowest BCUT2D eigenvalue weighted by Crippen LogP contribution is -2.38. The van der Waals surface area contributed by atoms with E-state index in [9.17, 15) is 4.79 Å². The second-order valence-electron chi connectivity index (χ2n) is 5.16. The molecule has 3 unspecified atom stereocenters. The molecule has 0 amide bonds. The van der Waals surface area contributed by atoms with Crippen LogP contribution in [0.2, 0.25) is 0 Å².